The van der Waals surface area contributed by atoms with Crippen molar-refractivity contribution in [2.24, 2.45) is 17.8 Å². The summed E-state index contributed by atoms with van der Waals surface area (Å²) in [7, 11) is 0. The number of amides is 1. The van der Waals surface area contributed by atoms with Crippen LogP contribution in [0.1, 0.15) is 74.1 Å². The summed E-state index contributed by atoms with van der Waals surface area (Å²) in [5.74, 6) is 1.83. The van der Waals surface area contributed by atoms with Crippen molar-refractivity contribution in [3.8, 4) is 0 Å². The summed E-state index contributed by atoms with van der Waals surface area (Å²) in [6.07, 6.45) is 4.92. The Morgan fingerprint density at radius 1 is 1.13 bits per heavy atom. The van der Waals surface area contributed by atoms with Crippen molar-refractivity contribution in [1.29, 1.82) is 0 Å². The zero-order chi connectivity index (χ0) is 17.6. The maximum absolute atomic E-state index is 12.0. The van der Waals surface area contributed by atoms with Gasteiger partial charge < -0.3 is 15.4 Å². The number of nitrogens with one attached hydrogen (secondary N) is 2. The first-order valence-electron chi connectivity index (χ1n) is 9.33. The topological polar surface area (TPSA) is 50.4 Å². The molecule has 0 aromatic heterocycles. The summed E-state index contributed by atoms with van der Waals surface area (Å²) in [6, 6.07) is 0.671. The van der Waals surface area contributed by atoms with Crippen LogP contribution in [0.3, 0.4) is 0 Å². The molecular formula is C19H38N2O2. The Morgan fingerprint density at radius 2 is 1.74 bits per heavy atom. The summed E-state index contributed by atoms with van der Waals surface area (Å²) >= 11 is 0. The van der Waals surface area contributed by atoms with Crippen molar-refractivity contribution in [2.45, 2.75) is 91.8 Å². The number of hydrogen-bond donors (Lipinski definition) is 2. The first-order valence-corrected chi connectivity index (χ1v) is 9.33. The van der Waals surface area contributed by atoms with Crippen molar-refractivity contribution >= 4 is 6.09 Å². The molecule has 0 aromatic carbocycles. The number of hydrogen-bond acceptors (Lipinski definition) is 3. The molecule has 1 saturated carbocycles. The van der Waals surface area contributed by atoms with Gasteiger partial charge in [0.1, 0.15) is 5.60 Å². The van der Waals surface area contributed by atoms with E-state index in [1.165, 1.54) is 25.7 Å². The Balaban J connectivity index is 2.54. The first-order chi connectivity index (χ1) is 10.6. The van der Waals surface area contributed by atoms with E-state index in [4.69, 9.17) is 4.74 Å². The van der Waals surface area contributed by atoms with E-state index in [0.29, 0.717) is 17.9 Å². The molecule has 3 atom stereocenters. The van der Waals surface area contributed by atoms with Gasteiger partial charge in [-0.15, -0.1) is 0 Å². The van der Waals surface area contributed by atoms with Crippen molar-refractivity contribution in [2.75, 3.05) is 6.54 Å². The van der Waals surface area contributed by atoms with Crippen LogP contribution in [0.4, 0.5) is 4.79 Å². The van der Waals surface area contributed by atoms with Gasteiger partial charge in [-0.3, -0.25) is 0 Å². The van der Waals surface area contributed by atoms with E-state index in [0.717, 1.165) is 12.5 Å². The van der Waals surface area contributed by atoms with Crippen LogP contribution in [0.5, 0.6) is 0 Å². The number of carbonyl (C=O) groups excluding carboxylic acids is 1. The van der Waals surface area contributed by atoms with E-state index >= 15 is 0 Å². The lowest BCUT2D eigenvalue weighted by molar-refractivity contribution is 0.0486. The number of ether oxygens (including phenoxy) is 1. The van der Waals surface area contributed by atoms with Crippen molar-refractivity contribution in [3.63, 3.8) is 0 Å². The lowest BCUT2D eigenvalue weighted by Gasteiger charge is -2.36. The highest BCUT2D eigenvalue weighted by atomic mass is 16.6. The van der Waals surface area contributed by atoms with E-state index in [-0.39, 0.29) is 12.1 Å². The molecule has 136 valence electrons. The number of carbonyl (C=O) groups is 1. The zero-order valence-corrected chi connectivity index (χ0v) is 16.2. The fourth-order valence-corrected chi connectivity index (χ4v) is 3.40. The van der Waals surface area contributed by atoms with Crippen LogP contribution in [-0.2, 0) is 4.74 Å². The average molecular weight is 327 g/mol. The zero-order valence-electron chi connectivity index (χ0n) is 16.2. The minimum absolute atomic E-state index is 0.0968. The van der Waals surface area contributed by atoms with Gasteiger partial charge in [-0.1, -0.05) is 40.5 Å². The molecule has 0 aliphatic heterocycles. The molecule has 0 radical (unpaired) electrons. The molecule has 0 bridgehead atoms. The molecule has 23 heavy (non-hydrogen) atoms. The fraction of sp³-hybridized carbons (Fsp3) is 0.947. The molecule has 0 spiro atoms. The lowest BCUT2D eigenvalue weighted by atomic mass is 9.77. The molecular weight excluding hydrogens is 288 g/mol. The highest BCUT2D eigenvalue weighted by Gasteiger charge is 2.28. The Morgan fingerprint density at radius 3 is 2.26 bits per heavy atom. The van der Waals surface area contributed by atoms with Crippen LogP contribution in [0.15, 0.2) is 0 Å². The Bertz CT molecular complexity index is 361. The third-order valence-electron chi connectivity index (χ3n) is 4.78. The molecule has 1 fully saturated rings. The monoisotopic (exact) mass is 326 g/mol. The van der Waals surface area contributed by atoms with Crippen LogP contribution >= 0.6 is 0 Å². The molecule has 1 rings (SSSR count). The summed E-state index contributed by atoms with van der Waals surface area (Å²) in [5, 5.41) is 6.77. The molecule has 4 nitrogen and oxygen atoms in total. The molecule has 0 saturated heterocycles. The molecule has 1 aliphatic rings. The SMILES string of the molecule is CC(C)C(CNC1CCCCC1C(C)C)NC(=O)OC(C)(C)C. The van der Waals surface area contributed by atoms with Gasteiger partial charge in [0.25, 0.3) is 0 Å². The van der Waals surface area contributed by atoms with E-state index in [2.05, 4.69) is 38.3 Å². The highest BCUT2D eigenvalue weighted by molar-refractivity contribution is 5.68. The van der Waals surface area contributed by atoms with Crippen LogP contribution in [-0.4, -0.2) is 30.3 Å². The molecule has 2 N–H and O–H groups in total. The van der Waals surface area contributed by atoms with Gasteiger partial charge in [-0.2, -0.15) is 0 Å². The largest absolute Gasteiger partial charge is 0.444 e. The second-order valence-corrected chi connectivity index (χ2v) is 8.70. The van der Waals surface area contributed by atoms with E-state index in [1.807, 2.05) is 20.8 Å². The van der Waals surface area contributed by atoms with Crippen molar-refractivity contribution in [3.05, 3.63) is 0 Å². The maximum Gasteiger partial charge on any atom is 0.407 e. The Kier molecular flexibility index (Phi) is 7.85. The maximum atomic E-state index is 12.0. The second kappa shape index (κ2) is 8.91. The van der Waals surface area contributed by atoms with Gasteiger partial charge in [0.2, 0.25) is 0 Å². The van der Waals surface area contributed by atoms with Gasteiger partial charge >= 0.3 is 6.09 Å². The average Bonchev–Trinajstić information content (AvgIpc) is 2.41. The van der Waals surface area contributed by atoms with Crippen LogP contribution in [0, 0.1) is 17.8 Å². The second-order valence-electron chi connectivity index (χ2n) is 8.70. The van der Waals surface area contributed by atoms with Crippen molar-refractivity contribution < 1.29 is 9.53 Å². The van der Waals surface area contributed by atoms with E-state index in [9.17, 15) is 4.79 Å². The fourth-order valence-electron chi connectivity index (χ4n) is 3.40. The van der Waals surface area contributed by atoms with Crippen LogP contribution < -0.4 is 10.6 Å². The number of alkyl carbamates (subject to hydrolysis) is 1. The summed E-state index contributed by atoms with van der Waals surface area (Å²) in [6.45, 7) is 15.4. The van der Waals surface area contributed by atoms with Crippen molar-refractivity contribution in [1.82, 2.24) is 10.6 Å². The lowest BCUT2D eigenvalue weighted by Crippen LogP contribution is -2.51. The third-order valence-corrected chi connectivity index (χ3v) is 4.78. The molecule has 1 amide bonds. The van der Waals surface area contributed by atoms with Gasteiger partial charge in [-0.05, 0) is 51.4 Å². The van der Waals surface area contributed by atoms with E-state index in [1.54, 1.807) is 0 Å². The van der Waals surface area contributed by atoms with Crippen LogP contribution in [0.2, 0.25) is 0 Å². The number of rotatable bonds is 6. The Labute approximate surface area is 143 Å². The van der Waals surface area contributed by atoms with Crippen LogP contribution in [0.25, 0.3) is 0 Å². The first kappa shape index (κ1) is 20.3. The predicted molar refractivity (Wildman–Crippen MR) is 96.6 cm³/mol. The predicted octanol–water partition coefficient (Wildman–Crippen LogP) is 4.34. The molecule has 0 aromatic rings. The molecule has 0 heterocycles. The minimum Gasteiger partial charge on any atom is -0.444 e. The highest BCUT2D eigenvalue weighted by Crippen LogP contribution is 2.30. The summed E-state index contributed by atoms with van der Waals surface area (Å²) in [4.78, 5) is 12.0. The standard InChI is InChI=1S/C19H38N2O2/c1-13(2)15-10-8-9-11-16(15)20-12-17(14(3)4)21-18(22)23-19(5,6)7/h13-17,20H,8-12H2,1-7H3,(H,21,22). The van der Waals surface area contributed by atoms with Gasteiger partial charge in [0.15, 0.2) is 0 Å². The third kappa shape index (κ3) is 7.56. The molecule has 4 heteroatoms. The van der Waals surface area contributed by atoms with Gasteiger partial charge in [0, 0.05) is 18.6 Å². The molecule has 1 aliphatic carbocycles. The summed E-state index contributed by atoms with van der Waals surface area (Å²) < 4.78 is 5.39. The normalized spacial score (nSPS) is 23.9. The Hall–Kier alpha value is -0.770. The van der Waals surface area contributed by atoms with Gasteiger partial charge in [-0.25, -0.2) is 4.79 Å². The minimum atomic E-state index is -0.453. The summed E-state index contributed by atoms with van der Waals surface area (Å²) in [5.41, 5.74) is -0.453. The smallest absolute Gasteiger partial charge is 0.407 e. The molecule has 3 unspecified atom stereocenters. The van der Waals surface area contributed by atoms with E-state index < -0.39 is 5.60 Å². The van der Waals surface area contributed by atoms with Gasteiger partial charge in [0.05, 0.1) is 0 Å². The quantitative estimate of drug-likeness (QED) is 0.763.